The molecule has 2 aromatic carbocycles. The third kappa shape index (κ3) is 3.79. The van der Waals surface area contributed by atoms with E-state index in [0.717, 1.165) is 25.3 Å². The third-order valence-corrected chi connectivity index (χ3v) is 4.63. The fourth-order valence-electron chi connectivity index (χ4n) is 3.29. The van der Waals surface area contributed by atoms with Crippen molar-refractivity contribution in [2.24, 2.45) is 0 Å². The molecule has 134 valence electrons. The fourth-order valence-corrected chi connectivity index (χ4v) is 3.29. The normalized spacial score (nSPS) is 15.5. The molecule has 1 aliphatic rings. The van der Waals surface area contributed by atoms with E-state index in [2.05, 4.69) is 11.4 Å². The number of quaternary nitrogens is 1. The van der Waals surface area contributed by atoms with Crippen LogP contribution in [-0.4, -0.2) is 33.2 Å². The van der Waals surface area contributed by atoms with Crippen LogP contribution in [-0.2, 0) is 17.8 Å². The molecular formula is C20H22N3O3+. The number of carbonyl (C=O) groups is 1. The number of hydrogen-bond donors (Lipinski definition) is 2. The molecule has 1 aliphatic heterocycles. The second kappa shape index (κ2) is 7.89. The summed E-state index contributed by atoms with van der Waals surface area (Å²) in [5, 5.41) is 12.0. The number of fused-ring (bicyclic) bond motifs is 1. The molecule has 0 saturated carbocycles. The van der Waals surface area contributed by atoms with E-state index in [1.165, 1.54) is 16.0 Å². The van der Waals surface area contributed by atoms with Crippen LogP contribution in [0.25, 0.3) is 0 Å². The first-order valence-corrected chi connectivity index (χ1v) is 8.51. The van der Waals surface area contributed by atoms with Gasteiger partial charge in [0.15, 0.2) is 18.0 Å². The Labute approximate surface area is 152 Å². The molecule has 0 bridgehead atoms. The Morgan fingerprint density at radius 3 is 2.58 bits per heavy atom. The Hall–Kier alpha value is -3.04. The van der Waals surface area contributed by atoms with Crippen LogP contribution in [0, 0.1) is 11.3 Å². The van der Waals surface area contributed by atoms with Crippen LogP contribution in [0.2, 0.25) is 0 Å². The summed E-state index contributed by atoms with van der Waals surface area (Å²) in [5.74, 6) is 1.35. The van der Waals surface area contributed by atoms with E-state index < -0.39 is 0 Å². The van der Waals surface area contributed by atoms with Gasteiger partial charge in [-0.2, -0.15) is 5.26 Å². The molecule has 6 heteroatoms. The smallest absolute Gasteiger partial charge is 0.279 e. The molecule has 26 heavy (non-hydrogen) atoms. The first kappa shape index (κ1) is 17.8. The Bertz CT molecular complexity index is 858. The quantitative estimate of drug-likeness (QED) is 0.847. The third-order valence-electron chi connectivity index (χ3n) is 4.63. The molecule has 6 nitrogen and oxygen atoms in total. The van der Waals surface area contributed by atoms with Crippen LogP contribution >= 0.6 is 0 Å². The van der Waals surface area contributed by atoms with Crippen molar-refractivity contribution in [2.75, 3.05) is 32.6 Å². The summed E-state index contributed by atoms with van der Waals surface area (Å²) in [6.45, 7) is 1.98. The van der Waals surface area contributed by atoms with E-state index in [1.54, 1.807) is 38.5 Å². The van der Waals surface area contributed by atoms with Crippen LogP contribution in [0.3, 0.4) is 0 Å². The summed E-state index contributed by atoms with van der Waals surface area (Å²) in [6.07, 6.45) is 0.882. The minimum absolute atomic E-state index is 0.0911. The number of carbonyl (C=O) groups excluding carboxylic acids is 1. The van der Waals surface area contributed by atoms with Crippen LogP contribution in [0.1, 0.15) is 16.7 Å². The van der Waals surface area contributed by atoms with Crippen molar-refractivity contribution < 1.29 is 19.2 Å². The molecule has 1 heterocycles. The Morgan fingerprint density at radius 1 is 1.19 bits per heavy atom. The molecule has 1 atom stereocenters. The van der Waals surface area contributed by atoms with Crippen molar-refractivity contribution in [3.8, 4) is 17.6 Å². The highest BCUT2D eigenvalue weighted by atomic mass is 16.5. The molecule has 1 unspecified atom stereocenters. The fraction of sp³-hybridized carbons (Fsp3) is 0.300. The number of para-hydroxylation sites is 1. The van der Waals surface area contributed by atoms with E-state index in [9.17, 15) is 4.79 Å². The Balaban J connectivity index is 1.67. The maximum Gasteiger partial charge on any atom is 0.279 e. The van der Waals surface area contributed by atoms with Crippen LogP contribution in [0.5, 0.6) is 11.5 Å². The summed E-state index contributed by atoms with van der Waals surface area (Å²) >= 11 is 0. The predicted molar refractivity (Wildman–Crippen MR) is 97.4 cm³/mol. The lowest BCUT2D eigenvalue weighted by Gasteiger charge is -2.26. The molecule has 0 spiro atoms. The van der Waals surface area contributed by atoms with Gasteiger partial charge in [-0.3, -0.25) is 4.79 Å². The molecule has 0 aromatic heterocycles. The summed E-state index contributed by atoms with van der Waals surface area (Å²) in [5.41, 5.74) is 3.44. The van der Waals surface area contributed by atoms with Gasteiger partial charge in [0.1, 0.15) is 12.6 Å². The Morgan fingerprint density at radius 2 is 1.88 bits per heavy atom. The Kier molecular flexibility index (Phi) is 5.40. The number of amides is 1. The zero-order chi connectivity index (χ0) is 18.5. The molecular weight excluding hydrogens is 330 g/mol. The van der Waals surface area contributed by atoms with Gasteiger partial charge < -0.3 is 19.7 Å². The predicted octanol–water partition coefficient (Wildman–Crippen LogP) is 1.16. The zero-order valence-electron chi connectivity index (χ0n) is 15.0. The standard InChI is InChI=1S/C20H21N3O3/c1-25-18-9-14-7-8-23(12-16(14)10-19(18)26-2)13-20(24)22-17-6-4-3-5-15(17)11-21/h3-6,9-10H,7-8,12-13H2,1-2H3,(H,22,24)/p+1. The lowest BCUT2D eigenvalue weighted by molar-refractivity contribution is -0.907. The van der Waals surface area contributed by atoms with Crippen molar-refractivity contribution in [3.63, 3.8) is 0 Å². The van der Waals surface area contributed by atoms with Crippen molar-refractivity contribution in [2.45, 2.75) is 13.0 Å². The topological polar surface area (TPSA) is 75.8 Å². The maximum atomic E-state index is 12.4. The van der Waals surface area contributed by atoms with Gasteiger partial charge in [0.2, 0.25) is 0 Å². The first-order valence-electron chi connectivity index (χ1n) is 8.51. The number of nitrogens with one attached hydrogen (secondary N) is 2. The summed E-state index contributed by atoms with van der Waals surface area (Å²) in [7, 11) is 3.26. The van der Waals surface area contributed by atoms with E-state index in [-0.39, 0.29) is 5.91 Å². The highest BCUT2D eigenvalue weighted by molar-refractivity contribution is 5.92. The van der Waals surface area contributed by atoms with E-state index in [0.29, 0.717) is 23.5 Å². The lowest BCUT2D eigenvalue weighted by Crippen LogP contribution is -3.12. The van der Waals surface area contributed by atoms with Crippen molar-refractivity contribution in [3.05, 3.63) is 53.1 Å². The van der Waals surface area contributed by atoms with Crippen molar-refractivity contribution in [1.82, 2.24) is 0 Å². The van der Waals surface area contributed by atoms with Crippen LogP contribution in [0.4, 0.5) is 5.69 Å². The number of nitrogens with zero attached hydrogens (tertiary/aromatic N) is 1. The number of hydrogen-bond acceptors (Lipinski definition) is 4. The van der Waals surface area contributed by atoms with E-state index in [4.69, 9.17) is 14.7 Å². The lowest BCUT2D eigenvalue weighted by atomic mass is 9.99. The van der Waals surface area contributed by atoms with Crippen LogP contribution in [0.15, 0.2) is 36.4 Å². The SMILES string of the molecule is COc1cc2c(cc1OC)C[NH+](CC(=O)Nc1ccccc1C#N)CC2. The van der Waals surface area contributed by atoms with Gasteiger partial charge in [-0.1, -0.05) is 12.1 Å². The molecule has 1 amide bonds. The zero-order valence-corrected chi connectivity index (χ0v) is 15.0. The highest BCUT2D eigenvalue weighted by Crippen LogP contribution is 2.31. The van der Waals surface area contributed by atoms with Gasteiger partial charge in [0.25, 0.3) is 5.91 Å². The second-order valence-electron chi connectivity index (χ2n) is 6.29. The second-order valence-corrected chi connectivity index (χ2v) is 6.29. The summed E-state index contributed by atoms with van der Waals surface area (Å²) in [4.78, 5) is 13.6. The minimum Gasteiger partial charge on any atom is -0.493 e. The number of anilines is 1. The first-order chi connectivity index (χ1) is 12.6. The molecule has 2 N–H and O–H groups in total. The van der Waals surface area contributed by atoms with Gasteiger partial charge in [-0.25, -0.2) is 0 Å². The average Bonchev–Trinajstić information content (AvgIpc) is 2.67. The number of ether oxygens (including phenoxy) is 2. The number of rotatable bonds is 5. The van der Waals surface area contributed by atoms with Crippen LogP contribution < -0.4 is 19.7 Å². The summed E-state index contributed by atoms with van der Waals surface area (Å²) in [6, 6.07) is 13.1. The summed E-state index contributed by atoms with van der Waals surface area (Å²) < 4.78 is 10.7. The number of nitriles is 1. The number of benzene rings is 2. The average molecular weight is 352 g/mol. The maximum absolute atomic E-state index is 12.4. The van der Waals surface area contributed by atoms with Gasteiger partial charge >= 0.3 is 0 Å². The molecule has 0 saturated heterocycles. The molecule has 0 aliphatic carbocycles. The monoisotopic (exact) mass is 352 g/mol. The van der Waals surface area contributed by atoms with Crippen molar-refractivity contribution in [1.29, 1.82) is 5.26 Å². The highest BCUT2D eigenvalue weighted by Gasteiger charge is 2.24. The molecule has 2 aromatic rings. The largest absolute Gasteiger partial charge is 0.493 e. The molecule has 0 radical (unpaired) electrons. The van der Waals surface area contributed by atoms with E-state index in [1.807, 2.05) is 12.1 Å². The van der Waals surface area contributed by atoms with Gasteiger partial charge in [0.05, 0.1) is 32.0 Å². The van der Waals surface area contributed by atoms with Gasteiger partial charge in [-0.05, 0) is 29.8 Å². The van der Waals surface area contributed by atoms with Crippen molar-refractivity contribution >= 4 is 11.6 Å². The van der Waals surface area contributed by atoms with Gasteiger partial charge in [0, 0.05) is 12.0 Å². The minimum atomic E-state index is -0.0911. The molecule has 3 rings (SSSR count). The number of methoxy groups -OCH3 is 2. The molecule has 0 fully saturated rings. The van der Waals surface area contributed by atoms with Gasteiger partial charge in [-0.15, -0.1) is 0 Å². The van der Waals surface area contributed by atoms with E-state index >= 15 is 0 Å².